The average Bonchev–Trinajstić information content (AvgIpc) is 3.14. The minimum absolute atomic E-state index is 0.178. The molecule has 2 amide bonds. The lowest BCUT2D eigenvalue weighted by atomic mass is 10.0. The van der Waals surface area contributed by atoms with Gasteiger partial charge in [-0.05, 0) is 38.1 Å². The molecular weight excluding hydrogens is 340 g/mol. The number of aliphatic carboxylic acids is 1. The number of amides is 2. The minimum Gasteiger partial charge on any atom is -0.484 e. The van der Waals surface area contributed by atoms with E-state index in [9.17, 15) is 14.4 Å². The van der Waals surface area contributed by atoms with Crippen LogP contribution in [0.25, 0.3) is 0 Å². The first kappa shape index (κ1) is 19.0. The smallest absolute Gasteiger partial charge is 0.308 e. The zero-order valence-electron chi connectivity index (χ0n) is 14.4. The normalized spacial score (nSPS) is 12.7. The maximum Gasteiger partial charge on any atom is 0.308 e. The number of carbonyl (C=O) groups excluding carboxylic acids is 2. The molecule has 0 bridgehead atoms. The summed E-state index contributed by atoms with van der Waals surface area (Å²) < 4.78 is 10.4. The Balaban J connectivity index is 1.87. The van der Waals surface area contributed by atoms with E-state index in [1.54, 1.807) is 43.3 Å². The predicted molar refractivity (Wildman–Crippen MR) is 93.0 cm³/mol. The number of carboxylic acid groups (broad SMARTS) is 1. The number of carboxylic acids is 1. The summed E-state index contributed by atoms with van der Waals surface area (Å²) in [6.45, 7) is 2.85. The Morgan fingerprint density at radius 1 is 1.19 bits per heavy atom. The lowest BCUT2D eigenvalue weighted by Gasteiger charge is -2.18. The van der Waals surface area contributed by atoms with Crippen molar-refractivity contribution in [2.45, 2.75) is 19.9 Å². The third-order valence-electron chi connectivity index (χ3n) is 3.73. The molecule has 0 spiro atoms. The molecule has 0 aliphatic carbocycles. The number of nitrogens with one attached hydrogen (secondary N) is 2. The second kappa shape index (κ2) is 8.70. The summed E-state index contributed by atoms with van der Waals surface area (Å²) in [5.74, 6) is -1.97. The molecule has 26 heavy (non-hydrogen) atoms. The highest BCUT2D eigenvalue weighted by molar-refractivity contribution is 6.02. The van der Waals surface area contributed by atoms with Gasteiger partial charge in [0.2, 0.25) is 0 Å². The molecule has 2 rings (SSSR count). The van der Waals surface area contributed by atoms with Gasteiger partial charge in [-0.25, -0.2) is 0 Å². The van der Waals surface area contributed by atoms with Crippen LogP contribution in [-0.4, -0.2) is 35.5 Å². The number of ether oxygens (including phenoxy) is 1. The van der Waals surface area contributed by atoms with Gasteiger partial charge in [0.15, 0.2) is 12.4 Å². The van der Waals surface area contributed by atoms with Gasteiger partial charge in [0, 0.05) is 17.8 Å². The fourth-order valence-electron chi connectivity index (χ4n) is 2.05. The van der Waals surface area contributed by atoms with Crippen molar-refractivity contribution in [3.63, 3.8) is 0 Å². The van der Waals surface area contributed by atoms with Crippen molar-refractivity contribution >= 4 is 23.5 Å². The Kier molecular flexibility index (Phi) is 6.37. The summed E-state index contributed by atoms with van der Waals surface area (Å²) in [6.07, 6.45) is 1.40. The SMILES string of the molecule is CC(NC(=O)COc1cccc(NC(=O)c2ccco2)c1)C(C)C(=O)O. The number of carbonyl (C=O) groups is 3. The monoisotopic (exact) mass is 360 g/mol. The Morgan fingerprint density at radius 3 is 2.62 bits per heavy atom. The van der Waals surface area contributed by atoms with Crippen molar-refractivity contribution < 1.29 is 28.6 Å². The van der Waals surface area contributed by atoms with Crippen LogP contribution in [0.3, 0.4) is 0 Å². The molecule has 2 unspecified atom stereocenters. The number of benzene rings is 1. The van der Waals surface area contributed by atoms with Gasteiger partial charge in [0.05, 0.1) is 12.2 Å². The van der Waals surface area contributed by atoms with Gasteiger partial charge < -0.3 is 24.9 Å². The quantitative estimate of drug-likeness (QED) is 0.664. The molecule has 0 aliphatic rings. The van der Waals surface area contributed by atoms with E-state index in [4.69, 9.17) is 14.3 Å². The van der Waals surface area contributed by atoms with Crippen LogP contribution in [0.4, 0.5) is 5.69 Å². The Bertz CT molecular complexity index is 772. The van der Waals surface area contributed by atoms with E-state index in [2.05, 4.69) is 10.6 Å². The molecule has 8 nitrogen and oxygen atoms in total. The second-order valence-corrected chi connectivity index (χ2v) is 5.73. The molecule has 2 aromatic rings. The Hall–Kier alpha value is -3.29. The molecule has 0 fully saturated rings. The van der Waals surface area contributed by atoms with Crippen LogP contribution in [0, 0.1) is 5.92 Å². The molecule has 0 saturated heterocycles. The molecule has 138 valence electrons. The van der Waals surface area contributed by atoms with Gasteiger partial charge in [-0.2, -0.15) is 0 Å². The third-order valence-corrected chi connectivity index (χ3v) is 3.73. The number of rotatable bonds is 8. The summed E-state index contributed by atoms with van der Waals surface area (Å²) in [5, 5.41) is 14.1. The lowest BCUT2D eigenvalue weighted by Crippen LogP contribution is -2.42. The molecule has 0 saturated carbocycles. The van der Waals surface area contributed by atoms with Crippen molar-refractivity contribution in [2.24, 2.45) is 5.92 Å². The predicted octanol–water partition coefficient (Wildman–Crippen LogP) is 2.14. The van der Waals surface area contributed by atoms with E-state index in [0.717, 1.165) is 0 Å². The Morgan fingerprint density at radius 2 is 1.96 bits per heavy atom. The highest BCUT2D eigenvalue weighted by Gasteiger charge is 2.21. The largest absolute Gasteiger partial charge is 0.484 e. The van der Waals surface area contributed by atoms with Crippen LogP contribution < -0.4 is 15.4 Å². The summed E-state index contributed by atoms with van der Waals surface area (Å²) in [7, 11) is 0. The van der Waals surface area contributed by atoms with Crippen molar-refractivity contribution in [2.75, 3.05) is 11.9 Å². The topological polar surface area (TPSA) is 118 Å². The number of furan rings is 1. The van der Waals surface area contributed by atoms with Gasteiger partial charge in [-0.3, -0.25) is 14.4 Å². The van der Waals surface area contributed by atoms with Gasteiger partial charge in [0.1, 0.15) is 5.75 Å². The summed E-state index contributed by atoms with van der Waals surface area (Å²) in [5.41, 5.74) is 0.483. The number of hydrogen-bond donors (Lipinski definition) is 3. The minimum atomic E-state index is -0.987. The van der Waals surface area contributed by atoms with Crippen LogP contribution in [0.15, 0.2) is 47.1 Å². The standard InChI is InChI=1S/C18H20N2O6/c1-11(18(23)24)12(2)19-16(21)10-26-14-6-3-5-13(9-14)20-17(22)15-7-4-8-25-15/h3-9,11-12H,10H2,1-2H3,(H,19,21)(H,20,22)(H,23,24). The van der Waals surface area contributed by atoms with Gasteiger partial charge >= 0.3 is 5.97 Å². The van der Waals surface area contributed by atoms with Crippen LogP contribution in [0.1, 0.15) is 24.4 Å². The molecule has 1 aromatic heterocycles. The highest BCUT2D eigenvalue weighted by atomic mass is 16.5. The van der Waals surface area contributed by atoms with Gasteiger partial charge in [-0.1, -0.05) is 6.07 Å². The van der Waals surface area contributed by atoms with Crippen molar-refractivity contribution in [1.82, 2.24) is 5.32 Å². The van der Waals surface area contributed by atoms with E-state index in [1.165, 1.54) is 13.2 Å². The maximum absolute atomic E-state index is 11.9. The van der Waals surface area contributed by atoms with Crippen molar-refractivity contribution in [3.05, 3.63) is 48.4 Å². The van der Waals surface area contributed by atoms with Gasteiger partial charge in [0.25, 0.3) is 11.8 Å². The van der Waals surface area contributed by atoms with E-state index in [1.807, 2.05) is 0 Å². The zero-order chi connectivity index (χ0) is 19.1. The van der Waals surface area contributed by atoms with Crippen molar-refractivity contribution in [1.29, 1.82) is 0 Å². The summed E-state index contributed by atoms with van der Waals surface area (Å²) >= 11 is 0. The first-order chi connectivity index (χ1) is 12.4. The summed E-state index contributed by atoms with van der Waals surface area (Å²) in [4.78, 5) is 34.7. The average molecular weight is 360 g/mol. The molecule has 2 atom stereocenters. The Labute approximate surface area is 150 Å². The lowest BCUT2D eigenvalue weighted by molar-refractivity contribution is -0.142. The van der Waals surface area contributed by atoms with Crippen LogP contribution in [-0.2, 0) is 9.59 Å². The molecule has 0 aliphatic heterocycles. The first-order valence-corrected chi connectivity index (χ1v) is 7.96. The third kappa shape index (κ3) is 5.37. The highest BCUT2D eigenvalue weighted by Crippen LogP contribution is 2.18. The zero-order valence-corrected chi connectivity index (χ0v) is 14.4. The first-order valence-electron chi connectivity index (χ1n) is 7.96. The number of anilines is 1. The maximum atomic E-state index is 11.9. The second-order valence-electron chi connectivity index (χ2n) is 5.73. The van der Waals surface area contributed by atoms with Crippen LogP contribution >= 0.6 is 0 Å². The molecule has 1 heterocycles. The summed E-state index contributed by atoms with van der Waals surface area (Å²) in [6, 6.07) is 9.17. The molecule has 3 N–H and O–H groups in total. The molecule has 1 aromatic carbocycles. The fourth-order valence-corrected chi connectivity index (χ4v) is 2.05. The molecule has 0 radical (unpaired) electrons. The van der Waals surface area contributed by atoms with Crippen LogP contribution in [0.2, 0.25) is 0 Å². The van der Waals surface area contributed by atoms with E-state index >= 15 is 0 Å². The fraction of sp³-hybridized carbons (Fsp3) is 0.278. The van der Waals surface area contributed by atoms with Gasteiger partial charge in [-0.15, -0.1) is 0 Å². The number of hydrogen-bond acceptors (Lipinski definition) is 5. The van der Waals surface area contributed by atoms with Crippen LogP contribution in [0.5, 0.6) is 5.75 Å². The molecular formula is C18H20N2O6. The van der Waals surface area contributed by atoms with E-state index in [-0.39, 0.29) is 12.4 Å². The van der Waals surface area contributed by atoms with E-state index in [0.29, 0.717) is 11.4 Å². The molecule has 8 heteroatoms. The van der Waals surface area contributed by atoms with E-state index < -0.39 is 29.7 Å². The van der Waals surface area contributed by atoms with Crippen molar-refractivity contribution in [3.8, 4) is 5.75 Å².